The summed E-state index contributed by atoms with van der Waals surface area (Å²) in [7, 11) is 1.28. The number of rotatable bonds is 11. The molecule has 2 aromatic carbocycles. The molecule has 0 fully saturated rings. The van der Waals surface area contributed by atoms with E-state index in [1.807, 2.05) is 30.3 Å². The Bertz CT molecular complexity index is 858. The molecule has 0 aliphatic carbocycles. The maximum Gasteiger partial charge on any atom is 0.328 e. The molecule has 166 valence electrons. The van der Waals surface area contributed by atoms with E-state index in [-0.39, 0.29) is 12.2 Å². The lowest BCUT2D eigenvalue weighted by molar-refractivity contribution is -0.384. The standard InChI is InChI=1S/C22H28N4O5/c1-31-21(27)20(9-5-6-14-23)24-22(28)25(15-17-7-3-2-4-8-17)16-18-10-12-19(13-11-18)26(29)30/h2-4,7-8,10-13,20H,5-6,9,14-16,23H2,1H3,(H,24,28)/t20-/m0/s1. The molecule has 2 aromatic rings. The van der Waals surface area contributed by atoms with Gasteiger partial charge in [-0.25, -0.2) is 9.59 Å². The number of nitrogens with two attached hydrogens (primary N) is 1. The molecule has 0 bridgehead atoms. The second-order valence-electron chi connectivity index (χ2n) is 7.07. The molecule has 9 nitrogen and oxygen atoms in total. The SMILES string of the molecule is COC(=O)[C@H](CCCCN)NC(=O)N(Cc1ccccc1)Cc1ccc([N+](=O)[O-])cc1. The van der Waals surface area contributed by atoms with Gasteiger partial charge in [-0.2, -0.15) is 0 Å². The van der Waals surface area contributed by atoms with E-state index in [0.29, 0.717) is 25.9 Å². The number of carbonyl (C=O) groups is 2. The zero-order chi connectivity index (χ0) is 22.6. The van der Waals surface area contributed by atoms with Crippen molar-refractivity contribution in [2.45, 2.75) is 38.4 Å². The number of nitrogens with zero attached hydrogens (tertiary/aromatic N) is 2. The minimum Gasteiger partial charge on any atom is -0.467 e. The van der Waals surface area contributed by atoms with Crippen LogP contribution in [0, 0.1) is 10.1 Å². The molecule has 0 saturated carbocycles. The summed E-state index contributed by atoms with van der Waals surface area (Å²) in [4.78, 5) is 37.2. The summed E-state index contributed by atoms with van der Waals surface area (Å²) in [5.41, 5.74) is 7.15. The summed E-state index contributed by atoms with van der Waals surface area (Å²) in [6.45, 7) is 1.03. The Balaban J connectivity index is 2.17. The molecule has 0 radical (unpaired) electrons. The lowest BCUT2D eigenvalue weighted by atomic mass is 10.1. The molecule has 0 unspecified atom stereocenters. The maximum atomic E-state index is 13.1. The van der Waals surface area contributed by atoms with Crippen molar-refractivity contribution in [3.05, 3.63) is 75.8 Å². The van der Waals surface area contributed by atoms with Crippen molar-refractivity contribution in [2.24, 2.45) is 5.73 Å². The molecule has 0 heterocycles. The molecule has 0 spiro atoms. The monoisotopic (exact) mass is 428 g/mol. The van der Waals surface area contributed by atoms with E-state index in [2.05, 4.69) is 5.32 Å². The first-order valence-electron chi connectivity index (χ1n) is 10.0. The van der Waals surface area contributed by atoms with Gasteiger partial charge in [-0.05, 0) is 36.9 Å². The Morgan fingerprint density at radius 1 is 1.06 bits per heavy atom. The van der Waals surface area contributed by atoms with Crippen LogP contribution < -0.4 is 11.1 Å². The summed E-state index contributed by atoms with van der Waals surface area (Å²) in [6, 6.07) is 14.3. The average Bonchev–Trinajstić information content (AvgIpc) is 2.78. The molecular formula is C22H28N4O5. The predicted octanol–water partition coefficient (Wildman–Crippen LogP) is 2.98. The second-order valence-corrected chi connectivity index (χ2v) is 7.07. The normalized spacial score (nSPS) is 11.4. The maximum absolute atomic E-state index is 13.1. The minimum absolute atomic E-state index is 0.0199. The van der Waals surface area contributed by atoms with Crippen molar-refractivity contribution in [1.29, 1.82) is 0 Å². The van der Waals surface area contributed by atoms with E-state index < -0.39 is 23.0 Å². The van der Waals surface area contributed by atoms with E-state index in [1.165, 1.54) is 19.2 Å². The predicted molar refractivity (Wildman–Crippen MR) is 116 cm³/mol. The number of amides is 2. The largest absolute Gasteiger partial charge is 0.467 e. The van der Waals surface area contributed by atoms with Crippen molar-refractivity contribution in [3.63, 3.8) is 0 Å². The number of benzene rings is 2. The third-order valence-electron chi connectivity index (χ3n) is 4.75. The summed E-state index contributed by atoms with van der Waals surface area (Å²) >= 11 is 0. The van der Waals surface area contributed by atoms with Crippen LogP contribution in [0.25, 0.3) is 0 Å². The van der Waals surface area contributed by atoms with Gasteiger partial charge in [0.25, 0.3) is 5.69 Å². The average molecular weight is 428 g/mol. The van der Waals surface area contributed by atoms with Gasteiger partial charge in [-0.15, -0.1) is 0 Å². The van der Waals surface area contributed by atoms with Gasteiger partial charge in [-0.3, -0.25) is 10.1 Å². The minimum atomic E-state index is -0.779. The Labute approximate surface area is 181 Å². The second kappa shape index (κ2) is 12.3. The van der Waals surface area contributed by atoms with Crippen molar-refractivity contribution >= 4 is 17.7 Å². The van der Waals surface area contributed by atoms with Crippen LogP contribution in [-0.2, 0) is 22.6 Å². The fourth-order valence-electron chi connectivity index (χ4n) is 3.07. The van der Waals surface area contributed by atoms with E-state index in [9.17, 15) is 19.7 Å². The highest BCUT2D eigenvalue weighted by atomic mass is 16.6. The van der Waals surface area contributed by atoms with Crippen molar-refractivity contribution in [1.82, 2.24) is 10.2 Å². The van der Waals surface area contributed by atoms with Gasteiger partial charge >= 0.3 is 12.0 Å². The van der Waals surface area contributed by atoms with Crippen LogP contribution in [-0.4, -0.2) is 41.5 Å². The van der Waals surface area contributed by atoms with Crippen LogP contribution in [0.3, 0.4) is 0 Å². The van der Waals surface area contributed by atoms with Crippen LogP contribution in [0.5, 0.6) is 0 Å². The molecule has 3 N–H and O–H groups in total. The van der Waals surface area contributed by atoms with Crippen molar-refractivity contribution < 1.29 is 19.2 Å². The molecule has 0 aromatic heterocycles. The third kappa shape index (κ3) is 7.71. The molecule has 2 rings (SSSR count). The fraction of sp³-hybridized carbons (Fsp3) is 0.364. The van der Waals surface area contributed by atoms with E-state index in [0.717, 1.165) is 17.5 Å². The first-order valence-corrected chi connectivity index (χ1v) is 10.0. The number of nitro benzene ring substituents is 1. The number of methoxy groups -OCH3 is 1. The van der Waals surface area contributed by atoms with Gasteiger partial charge in [0, 0.05) is 25.2 Å². The van der Waals surface area contributed by atoms with E-state index >= 15 is 0 Å². The highest BCUT2D eigenvalue weighted by Gasteiger charge is 2.24. The number of urea groups is 1. The number of hydrogen-bond acceptors (Lipinski definition) is 6. The van der Waals surface area contributed by atoms with E-state index in [1.54, 1.807) is 17.0 Å². The van der Waals surface area contributed by atoms with Crippen LogP contribution in [0.15, 0.2) is 54.6 Å². The lowest BCUT2D eigenvalue weighted by Gasteiger charge is -2.26. The number of ether oxygens (including phenoxy) is 1. The molecule has 1 atom stereocenters. The number of esters is 1. The van der Waals surface area contributed by atoms with Crippen LogP contribution >= 0.6 is 0 Å². The van der Waals surface area contributed by atoms with Crippen molar-refractivity contribution in [3.8, 4) is 0 Å². The summed E-state index contributed by atoms with van der Waals surface area (Å²) < 4.78 is 4.83. The first-order chi connectivity index (χ1) is 14.9. The Hall–Kier alpha value is -3.46. The molecule has 9 heteroatoms. The zero-order valence-corrected chi connectivity index (χ0v) is 17.5. The van der Waals surface area contributed by atoms with Gasteiger partial charge in [0.2, 0.25) is 0 Å². The Kier molecular flexibility index (Phi) is 9.44. The highest BCUT2D eigenvalue weighted by Crippen LogP contribution is 2.16. The Morgan fingerprint density at radius 3 is 2.23 bits per heavy atom. The molecule has 0 aliphatic heterocycles. The summed E-state index contributed by atoms with van der Waals surface area (Å²) in [5, 5.41) is 13.6. The zero-order valence-electron chi connectivity index (χ0n) is 17.5. The number of carbonyl (C=O) groups excluding carboxylic acids is 2. The summed E-state index contributed by atoms with van der Waals surface area (Å²) in [6.07, 6.45) is 1.84. The van der Waals surface area contributed by atoms with Crippen LogP contribution in [0.2, 0.25) is 0 Å². The lowest BCUT2D eigenvalue weighted by Crippen LogP contribution is -2.47. The first kappa shape index (κ1) is 23.8. The number of non-ortho nitro benzene ring substituents is 1. The topological polar surface area (TPSA) is 128 Å². The highest BCUT2D eigenvalue weighted by molar-refractivity contribution is 5.83. The molecule has 0 aliphatic rings. The van der Waals surface area contributed by atoms with Crippen molar-refractivity contribution in [2.75, 3.05) is 13.7 Å². The molecular weight excluding hydrogens is 400 g/mol. The van der Waals surface area contributed by atoms with Gasteiger partial charge < -0.3 is 20.7 Å². The summed E-state index contributed by atoms with van der Waals surface area (Å²) in [5.74, 6) is -0.514. The smallest absolute Gasteiger partial charge is 0.328 e. The van der Waals surface area contributed by atoms with E-state index in [4.69, 9.17) is 10.5 Å². The molecule has 0 saturated heterocycles. The number of nitrogens with one attached hydrogen (secondary N) is 1. The number of nitro groups is 1. The number of unbranched alkanes of at least 4 members (excludes halogenated alkanes) is 1. The van der Waals surface area contributed by atoms with Gasteiger partial charge in [0.15, 0.2) is 0 Å². The van der Waals surface area contributed by atoms with Gasteiger partial charge in [-0.1, -0.05) is 42.5 Å². The molecule has 2 amide bonds. The van der Waals surface area contributed by atoms with Crippen LogP contribution in [0.1, 0.15) is 30.4 Å². The van der Waals surface area contributed by atoms with Gasteiger partial charge in [0.1, 0.15) is 6.04 Å². The molecule has 31 heavy (non-hydrogen) atoms. The Morgan fingerprint density at radius 2 is 1.68 bits per heavy atom. The van der Waals surface area contributed by atoms with Crippen LogP contribution in [0.4, 0.5) is 10.5 Å². The van der Waals surface area contributed by atoms with Gasteiger partial charge in [0.05, 0.1) is 12.0 Å². The third-order valence-corrected chi connectivity index (χ3v) is 4.75. The number of hydrogen-bond donors (Lipinski definition) is 2. The fourth-order valence-corrected chi connectivity index (χ4v) is 3.07. The quantitative estimate of drug-likeness (QED) is 0.245.